The van der Waals surface area contributed by atoms with Crippen LogP contribution < -0.4 is 10.9 Å². The molecule has 1 atom stereocenters. The highest BCUT2D eigenvalue weighted by molar-refractivity contribution is 5.79. The van der Waals surface area contributed by atoms with Crippen LogP contribution in [0, 0.1) is 25.2 Å². The van der Waals surface area contributed by atoms with E-state index in [1.54, 1.807) is 10.6 Å². The molecule has 4 rings (SSSR count). The van der Waals surface area contributed by atoms with E-state index in [1.807, 2.05) is 31.2 Å². The van der Waals surface area contributed by atoms with Crippen LogP contribution in [-0.2, 0) is 13.0 Å². The van der Waals surface area contributed by atoms with Crippen LogP contribution in [0.25, 0.3) is 27.4 Å². The number of benzene rings is 2. The molecule has 33 heavy (non-hydrogen) atoms. The van der Waals surface area contributed by atoms with E-state index in [-0.39, 0.29) is 24.4 Å². The van der Waals surface area contributed by atoms with Gasteiger partial charge in [0.25, 0.3) is 5.56 Å². The van der Waals surface area contributed by atoms with Crippen molar-refractivity contribution in [3.63, 3.8) is 0 Å². The Morgan fingerprint density at radius 3 is 2.64 bits per heavy atom. The lowest BCUT2D eigenvalue weighted by molar-refractivity contribution is 0.274. The van der Waals surface area contributed by atoms with Gasteiger partial charge in [0.1, 0.15) is 11.5 Å². The molecule has 2 aromatic carbocycles. The Labute approximate surface area is 192 Å². The lowest BCUT2D eigenvalue weighted by atomic mass is 9.99. The standard InChI is InChI=1S/C26H27FN4O2/c1-17-3-6-19(7-4-17)25-24(20-8-10-22(28-2)21(27)15-20)30-23(26(33)31(25)13-14-32)9-5-18-11-12-29-16-18/h3-4,6-8,10,15,18,29,32H,5,9,11-14,16H2,1H3/t18-/m0/s1. The van der Waals surface area contributed by atoms with Gasteiger partial charge >= 0.3 is 0 Å². The monoisotopic (exact) mass is 446 g/mol. The highest BCUT2D eigenvalue weighted by Gasteiger charge is 2.22. The zero-order chi connectivity index (χ0) is 23.4. The van der Waals surface area contributed by atoms with E-state index in [2.05, 4.69) is 10.2 Å². The molecule has 2 heterocycles. The number of aliphatic hydroxyl groups is 1. The van der Waals surface area contributed by atoms with Crippen molar-refractivity contribution < 1.29 is 9.50 Å². The summed E-state index contributed by atoms with van der Waals surface area (Å²) in [5.41, 5.74) is 3.45. The topological polar surface area (TPSA) is 71.5 Å². The average molecular weight is 447 g/mol. The third kappa shape index (κ3) is 4.87. The Morgan fingerprint density at radius 1 is 1.24 bits per heavy atom. The molecular weight excluding hydrogens is 419 g/mol. The number of halogens is 1. The molecule has 0 aliphatic carbocycles. The van der Waals surface area contributed by atoms with Crippen LogP contribution in [0.5, 0.6) is 0 Å². The Balaban J connectivity index is 1.91. The molecule has 170 valence electrons. The zero-order valence-electron chi connectivity index (χ0n) is 18.6. The molecule has 6 nitrogen and oxygen atoms in total. The molecule has 1 fully saturated rings. The fourth-order valence-electron chi connectivity index (χ4n) is 4.35. The number of nitrogens with zero attached hydrogens (tertiary/aromatic N) is 3. The summed E-state index contributed by atoms with van der Waals surface area (Å²) in [5, 5.41) is 13.1. The summed E-state index contributed by atoms with van der Waals surface area (Å²) in [6, 6.07) is 12.1. The van der Waals surface area contributed by atoms with Gasteiger partial charge in [-0.2, -0.15) is 0 Å². The summed E-state index contributed by atoms with van der Waals surface area (Å²) in [5.74, 6) is -0.134. The smallest absolute Gasteiger partial charge is 0.272 e. The summed E-state index contributed by atoms with van der Waals surface area (Å²) < 4.78 is 16.1. The third-order valence-electron chi connectivity index (χ3n) is 6.17. The number of aromatic nitrogens is 2. The molecule has 2 N–H and O–H groups in total. The summed E-state index contributed by atoms with van der Waals surface area (Å²) in [6.45, 7) is 10.9. The van der Waals surface area contributed by atoms with Gasteiger partial charge in [0.05, 0.1) is 24.6 Å². The Kier molecular flexibility index (Phi) is 6.97. The van der Waals surface area contributed by atoms with E-state index >= 15 is 0 Å². The first-order valence-corrected chi connectivity index (χ1v) is 11.2. The molecule has 0 spiro atoms. The molecule has 7 heteroatoms. The molecule has 0 unspecified atom stereocenters. The largest absolute Gasteiger partial charge is 0.395 e. The second-order valence-electron chi connectivity index (χ2n) is 8.48. The van der Waals surface area contributed by atoms with Crippen LogP contribution in [0.1, 0.15) is 24.1 Å². The van der Waals surface area contributed by atoms with E-state index < -0.39 is 5.82 Å². The van der Waals surface area contributed by atoms with Crippen LogP contribution in [0.2, 0.25) is 0 Å². The van der Waals surface area contributed by atoms with Crippen molar-refractivity contribution in [1.29, 1.82) is 0 Å². The maximum atomic E-state index is 14.5. The van der Waals surface area contributed by atoms with Gasteiger partial charge in [0, 0.05) is 17.7 Å². The minimum atomic E-state index is -0.627. The number of nitrogens with one attached hydrogen (secondary N) is 1. The minimum Gasteiger partial charge on any atom is -0.395 e. The van der Waals surface area contributed by atoms with Crippen LogP contribution in [-0.4, -0.2) is 34.4 Å². The van der Waals surface area contributed by atoms with E-state index in [9.17, 15) is 14.3 Å². The van der Waals surface area contributed by atoms with Crippen LogP contribution in [0.4, 0.5) is 10.1 Å². The van der Waals surface area contributed by atoms with Gasteiger partial charge in [-0.3, -0.25) is 4.79 Å². The SMILES string of the molecule is [C-]#[N+]c1ccc(-c2nc(CC[C@H]3CCNC3)c(=O)n(CCO)c2-c2ccc(C)cc2)cc1F. The van der Waals surface area contributed by atoms with Gasteiger partial charge in [-0.05, 0) is 51.3 Å². The normalized spacial score (nSPS) is 15.5. The summed E-state index contributed by atoms with van der Waals surface area (Å²) in [6.07, 6.45) is 2.42. The van der Waals surface area contributed by atoms with Crippen LogP contribution >= 0.6 is 0 Å². The van der Waals surface area contributed by atoms with Crippen molar-refractivity contribution in [3.05, 3.63) is 81.3 Å². The quantitative estimate of drug-likeness (QED) is 0.536. The van der Waals surface area contributed by atoms with Crippen molar-refractivity contribution in [2.75, 3.05) is 19.7 Å². The Morgan fingerprint density at radius 2 is 2.00 bits per heavy atom. The van der Waals surface area contributed by atoms with Gasteiger partial charge in [0.2, 0.25) is 5.69 Å². The molecule has 1 saturated heterocycles. The number of hydrogen-bond acceptors (Lipinski definition) is 4. The van der Waals surface area contributed by atoms with Crippen molar-refractivity contribution >= 4 is 5.69 Å². The van der Waals surface area contributed by atoms with E-state index in [4.69, 9.17) is 11.6 Å². The zero-order valence-corrected chi connectivity index (χ0v) is 18.6. The van der Waals surface area contributed by atoms with Crippen molar-refractivity contribution in [2.45, 2.75) is 32.7 Å². The molecule has 1 aromatic heterocycles. The molecule has 0 amide bonds. The number of aliphatic hydroxyl groups excluding tert-OH is 1. The van der Waals surface area contributed by atoms with E-state index in [0.29, 0.717) is 35.0 Å². The lowest BCUT2D eigenvalue weighted by Crippen LogP contribution is -2.29. The fourth-order valence-corrected chi connectivity index (χ4v) is 4.35. The second kappa shape index (κ2) is 10.1. The fraction of sp³-hybridized carbons (Fsp3) is 0.346. The summed E-state index contributed by atoms with van der Waals surface area (Å²) in [4.78, 5) is 21.4. The first-order chi connectivity index (χ1) is 16.0. The van der Waals surface area contributed by atoms with Gasteiger partial charge in [-0.1, -0.05) is 42.0 Å². The number of rotatable bonds is 7. The van der Waals surface area contributed by atoms with Gasteiger partial charge in [-0.25, -0.2) is 14.2 Å². The second-order valence-corrected chi connectivity index (χ2v) is 8.48. The molecule has 1 aliphatic rings. The maximum absolute atomic E-state index is 14.5. The molecule has 1 aliphatic heterocycles. The van der Waals surface area contributed by atoms with Gasteiger partial charge < -0.3 is 15.0 Å². The lowest BCUT2D eigenvalue weighted by Gasteiger charge is -2.19. The molecule has 0 saturated carbocycles. The van der Waals surface area contributed by atoms with Gasteiger partial charge in [0.15, 0.2) is 0 Å². The van der Waals surface area contributed by atoms with Crippen LogP contribution in [0.3, 0.4) is 0 Å². The van der Waals surface area contributed by atoms with E-state index in [0.717, 1.165) is 37.1 Å². The highest BCUT2D eigenvalue weighted by atomic mass is 19.1. The average Bonchev–Trinajstić information content (AvgIpc) is 3.34. The molecular formula is C26H27FN4O2. The summed E-state index contributed by atoms with van der Waals surface area (Å²) in [7, 11) is 0. The van der Waals surface area contributed by atoms with Crippen molar-refractivity contribution in [2.24, 2.45) is 5.92 Å². The molecule has 0 bridgehead atoms. The summed E-state index contributed by atoms with van der Waals surface area (Å²) >= 11 is 0. The number of hydrogen-bond donors (Lipinski definition) is 2. The third-order valence-corrected chi connectivity index (χ3v) is 6.17. The Hall–Kier alpha value is -3.34. The van der Waals surface area contributed by atoms with Crippen molar-refractivity contribution in [1.82, 2.24) is 14.9 Å². The first kappa shape index (κ1) is 22.8. The van der Waals surface area contributed by atoms with Gasteiger partial charge in [-0.15, -0.1) is 0 Å². The predicted octanol–water partition coefficient (Wildman–Crippen LogP) is 4.11. The highest BCUT2D eigenvalue weighted by Crippen LogP contribution is 2.33. The Bertz CT molecular complexity index is 1240. The van der Waals surface area contributed by atoms with Crippen molar-refractivity contribution in [3.8, 4) is 22.5 Å². The molecule has 0 radical (unpaired) electrons. The van der Waals surface area contributed by atoms with Crippen LogP contribution in [0.15, 0.2) is 47.3 Å². The number of aryl methyl sites for hydroxylation is 2. The predicted molar refractivity (Wildman–Crippen MR) is 127 cm³/mol. The first-order valence-electron chi connectivity index (χ1n) is 11.2. The molecule has 3 aromatic rings. The minimum absolute atomic E-state index is 0.0618. The maximum Gasteiger partial charge on any atom is 0.272 e. The van der Waals surface area contributed by atoms with E-state index in [1.165, 1.54) is 12.1 Å².